The van der Waals surface area contributed by atoms with Crippen LogP contribution < -0.4 is 0 Å². The van der Waals surface area contributed by atoms with E-state index in [1.807, 2.05) is 6.08 Å². The highest BCUT2D eigenvalue weighted by molar-refractivity contribution is 5.81. The first-order chi connectivity index (χ1) is 6.68. The number of aryl methyl sites for hydroxylation is 2. The van der Waals surface area contributed by atoms with Gasteiger partial charge in [-0.2, -0.15) is 0 Å². The van der Waals surface area contributed by atoms with Crippen LogP contribution in [0.4, 0.5) is 0 Å². The lowest BCUT2D eigenvalue weighted by Gasteiger charge is -2.07. The summed E-state index contributed by atoms with van der Waals surface area (Å²) in [5.74, 6) is 0. The van der Waals surface area contributed by atoms with Gasteiger partial charge in [0.2, 0.25) is 0 Å². The minimum Gasteiger partial charge on any atom is -0.120 e. The fraction of sp³-hybridized carbons (Fsp3) is 0.214. The molecule has 0 amide bonds. The zero-order valence-electron chi connectivity index (χ0n) is 8.89. The fourth-order valence-electron chi connectivity index (χ4n) is 1.85. The van der Waals surface area contributed by atoms with Gasteiger partial charge in [-0.3, -0.25) is 0 Å². The van der Waals surface area contributed by atoms with Crippen molar-refractivity contribution in [1.29, 1.82) is 0 Å². The second-order valence-electron chi connectivity index (χ2n) is 3.87. The third kappa shape index (κ3) is 1.45. The Kier molecular flexibility index (Phi) is 2.15. The molecule has 1 aliphatic carbocycles. The number of allylic oxidation sites excluding steroid dienone is 3. The van der Waals surface area contributed by atoms with Crippen LogP contribution in [0.25, 0.3) is 5.57 Å². The highest BCUT2D eigenvalue weighted by atomic mass is 14.1. The topological polar surface area (TPSA) is 0 Å². The molecule has 0 saturated carbocycles. The van der Waals surface area contributed by atoms with Crippen molar-refractivity contribution in [2.75, 3.05) is 0 Å². The summed E-state index contributed by atoms with van der Waals surface area (Å²) in [5.41, 5.74) is 9.74. The smallest absolute Gasteiger partial charge is 0.00687 e. The monoisotopic (exact) mass is 182 g/mol. The predicted octanol–water partition coefficient (Wildman–Crippen LogP) is 3.80. The molecule has 0 spiro atoms. The Morgan fingerprint density at radius 1 is 1.00 bits per heavy atom. The molecule has 0 aromatic heterocycles. The van der Waals surface area contributed by atoms with Gasteiger partial charge >= 0.3 is 0 Å². The van der Waals surface area contributed by atoms with Crippen LogP contribution in [0.5, 0.6) is 0 Å². The first-order valence-corrected chi connectivity index (χ1v) is 4.89. The van der Waals surface area contributed by atoms with Crippen molar-refractivity contribution in [2.24, 2.45) is 0 Å². The quantitative estimate of drug-likeness (QED) is 0.579. The Balaban J connectivity index is 2.54. The van der Waals surface area contributed by atoms with Gasteiger partial charge in [-0.15, -0.1) is 5.73 Å². The Morgan fingerprint density at radius 3 is 2.36 bits per heavy atom. The molecular formula is C14H14. The Morgan fingerprint density at radius 2 is 1.79 bits per heavy atom. The van der Waals surface area contributed by atoms with Gasteiger partial charge in [-0.1, -0.05) is 23.8 Å². The average molecular weight is 182 g/mol. The van der Waals surface area contributed by atoms with E-state index in [0.717, 1.165) is 0 Å². The molecule has 0 heterocycles. The van der Waals surface area contributed by atoms with Crippen LogP contribution in [0.3, 0.4) is 0 Å². The third-order valence-electron chi connectivity index (χ3n) is 2.62. The maximum absolute atomic E-state index is 3.14. The van der Waals surface area contributed by atoms with E-state index in [-0.39, 0.29) is 0 Å². The van der Waals surface area contributed by atoms with Gasteiger partial charge in [-0.05, 0) is 55.2 Å². The van der Waals surface area contributed by atoms with Gasteiger partial charge in [0.05, 0.1) is 0 Å². The molecule has 0 N–H and O–H groups in total. The van der Waals surface area contributed by atoms with E-state index in [1.165, 1.54) is 27.8 Å². The normalized spacial score (nSPS) is 14.2. The third-order valence-corrected chi connectivity index (χ3v) is 2.62. The van der Waals surface area contributed by atoms with E-state index in [9.17, 15) is 0 Å². The first-order valence-electron chi connectivity index (χ1n) is 4.89. The second-order valence-corrected chi connectivity index (χ2v) is 3.87. The maximum atomic E-state index is 3.14. The summed E-state index contributed by atoms with van der Waals surface area (Å²) in [6.45, 7) is 6.42. The maximum Gasteiger partial charge on any atom is -0.00687 e. The van der Waals surface area contributed by atoms with Crippen molar-refractivity contribution < 1.29 is 0 Å². The van der Waals surface area contributed by atoms with Crippen LogP contribution in [0.1, 0.15) is 23.6 Å². The number of rotatable bonds is 1. The Bertz CT molecular complexity index is 467. The van der Waals surface area contributed by atoms with Crippen molar-refractivity contribution >= 4 is 5.57 Å². The molecule has 14 heavy (non-hydrogen) atoms. The fourth-order valence-corrected chi connectivity index (χ4v) is 1.85. The van der Waals surface area contributed by atoms with Gasteiger partial charge < -0.3 is 0 Å². The van der Waals surface area contributed by atoms with Gasteiger partial charge in [0.15, 0.2) is 0 Å². The summed E-state index contributed by atoms with van der Waals surface area (Å²) < 4.78 is 0. The molecule has 0 radical (unpaired) electrons. The zero-order valence-corrected chi connectivity index (χ0v) is 8.89. The molecular weight excluding hydrogens is 168 g/mol. The van der Waals surface area contributed by atoms with Crippen molar-refractivity contribution in [3.63, 3.8) is 0 Å². The summed E-state index contributed by atoms with van der Waals surface area (Å²) in [6.07, 6.45) is 4.10. The molecule has 1 aromatic carbocycles. The minimum absolute atomic E-state index is 1.30. The van der Waals surface area contributed by atoms with Gasteiger partial charge in [-0.25, -0.2) is 0 Å². The summed E-state index contributed by atoms with van der Waals surface area (Å²) in [4.78, 5) is 0. The lowest BCUT2D eigenvalue weighted by Crippen LogP contribution is -1.88. The SMILES string of the molecule is CC1=C(c2ccc(C)cc2C)C=C=C1. The minimum atomic E-state index is 1.30. The number of benzene rings is 1. The van der Waals surface area contributed by atoms with Crippen LogP contribution in [-0.2, 0) is 0 Å². The molecule has 0 fully saturated rings. The van der Waals surface area contributed by atoms with Crippen molar-refractivity contribution in [3.8, 4) is 0 Å². The van der Waals surface area contributed by atoms with E-state index < -0.39 is 0 Å². The van der Waals surface area contributed by atoms with E-state index in [2.05, 4.69) is 50.8 Å². The molecule has 0 saturated heterocycles. The van der Waals surface area contributed by atoms with Gasteiger partial charge in [0.25, 0.3) is 0 Å². The van der Waals surface area contributed by atoms with Crippen molar-refractivity contribution in [1.82, 2.24) is 0 Å². The van der Waals surface area contributed by atoms with Crippen LogP contribution in [0, 0.1) is 13.8 Å². The average Bonchev–Trinajstić information content (AvgIpc) is 2.52. The molecule has 0 nitrogen and oxygen atoms in total. The molecule has 0 bridgehead atoms. The number of hydrogen-bond donors (Lipinski definition) is 0. The Hall–Kier alpha value is -1.52. The molecule has 1 aromatic rings. The van der Waals surface area contributed by atoms with Gasteiger partial charge in [0.1, 0.15) is 0 Å². The largest absolute Gasteiger partial charge is 0.120 e. The lowest BCUT2D eigenvalue weighted by atomic mass is 9.97. The lowest BCUT2D eigenvalue weighted by molar-refractivity contribution is 1.35. The molecule has 1 aliphatic rings. The second kappa shape index (κ2) is 3.32. The van der Waals surface area contributed by atoms with Gasteiger partial charge in [0, 0.05) is 0 Å². The Labute approximate surface area is 85.3 Å². The van der Waals surface area contributed by atoms with E-state index >= 15 is 0 Å². The van der Waals surface area contributed by atoms with Crippen LogP contribution in [-0.4, -0.2) is 0 Å². The summed E-state index contributed by atoms with van der Waals surface area (Å²) >= 11 is 0. The summed E-state index contributed by atoms with van der Waals surface area (Å²) in [6, 6.07) is 6.58. The molecule has 2 rings (SSSR count). The van der Waals surface area contributed by atoms with E-state index in [4.69, 9.17) is 0 Å². The molecule has 0 heteroatoms. The standard InChI is InChI=1S/C14H14/c1-10-7-8-14(12(3)9-10)13-6-4-5-11(13)2/h5-9H,1-3H3. The highest BCUT2D eigenvalue weighted by Crippen LogP contribution is 2.27. The summed E-state index contributed by atoms with van der Waals surface area (Å²) in [7, 11) is 0. The van der Waals surface area contributed by atoms with Crippen LogP contribution in [0.15, 0.2) is 41.7 Å². The van der Waals surface area contributed by atoms with Crippen LogP contribution >= 0.6 is 0 Å². The van der Waals surface area contributed by atoms with Crippen molar-refractivity contribution in [3.05, 3.63) is 58.3 Å². The predicted molar refractivity (Wildman–Crippen MR) is 61.2 cm³/mol. The molecule has 70 valence electrons. The van der Waals surface area contributed by atoms with E-state index in [1.54, 1.807) is 0 Å². The molecule has 0 unspecified atom stereocenters. The molecule has 0 aliphatic heterocycles. The van der Waals surface area contributed by atoms with Crippen LogP contribution in [0.2, 0.25) is 0 Å². The first kappa shape index (κ1) is 9.05. The highest BCUT2D eigenvalue weighted by Gasteiger charge is 2.07. The van der Waals surface area contributed by atoms with Crippen molar-refractivity contribution in [2.45, 2.75) is 20.8 Å². The molecule has 0 atom stereocenters. The number of hydrogen-bond acceptors (Lipinski definition) is 0. The summed E-state index contributed by atoms with van der Waals surface area (Å²) in [5, 5.41) is 0. The zero-order chi connectivity index (χ0) is 10.1. The van der Waals surface area contributed by atoms with E-state index in [0.29, 0.717) is 0 Å².